The molecule has 1 aromatic rings. The first-order chi connectivity index (χ1) is 6.65. The van der Waals surface area contributed by atoms with E-state index in [1.807, 2.05) is 0 Å². The van der Waals surface area contributed by atoms with Crippen molar-refractivity contribution in [3.05, 3.63) is 28.3 Å². The molecule has 76 valence electrons. The topological polar surface area (TPSA) is 75.4 Å². The van der Waals surface area contributed by atoms with Gasteiger partial charge in [0.1, 0.15) is 11.4 Å². The lowest BCUT2D eigenvalue weighted by Crippen LogP contribution is -2.04. The Labute approximate surface area is 89.0 Å². The van der Waals surface area contributed by atoms with Gasteiger partial charge < -0.3 is 10.4 Å². The molecule has 2 N–H and O–H groups in total. The monoisotopic (exact) mass is 260 g/mol. The third-order valence-electron chi connectivity index (χ3n) is 1.59. The summed E-state index contributed by atoms with van der Waals surface area (Å²) in [5.41, 5.74) is 0.290. The van der Waals surface area contributed by atoms with Crippen LogP contribution in [-0.2, 0) is 0 Å². The number of anilines is 1. The Morgan fingerprint density at radius 1 is 1.57 bits per heavy atom. The second-order valence-corrected chi connectivity index (χ2v) is 3.37. The highest BCUT2D eigenvalue weighted by molar-refractivity contribution is 9.09. The minimum absolute atomic E-state index is 0.110. The van der Waals surface area contributed by atoms with Gasteiger partial charge in [-0.2, -0.15) is 0 Å². The fraction of sp³-hybridized carbons (Fsp3) is 0.250. The van der Waals surface area contributed by atoms with Gasteiger partial charge >= 0.3 is 0 Å². The maximum absolute atomic E-state index is 10.6. The Balaban J connectivity index is 2.96. The fourth-order valence-electron chi connectivity index (χ4n) is 1.00. The number of halogens is 1. The fourth-order valence-corrected chi connectivity index (χ4v) is 1.20. The first-order valence-electron chi connectivity index (χ1n) is 3.92. The molecule has 0 unspecified atom stereocenters. The predicted octanol–water partition coefficient (Wildman–Crippen LogP) is 2.11. The SMILES string of the molecule is O=[N+]([O-])c1cc(O)ccc1NCCBr. The number of phenolic OH excluding ortho intramolecular Hbond substituents is 1. The van der Waals surface area contributed by atoms with Crippen LogP contribution in [0.15, 0.2) is 18.2 Å². The molecule has 0 heterocycles. The molecule has 0 saturated carbocycles. The minimum Gasteiger partial charge on any atom is -0.508 e. The van der Waals surface area contributed by atoms with Crippen molar-refractivity contribution in [3.63, 3.8) is 0 Å². The Hall–Kier alpha value is -1.30. The van der Waals surface area contributed by atoms with Crippen LogP contribution in [0.25, 0.3) is 0 Å². The molecule has 0 radical (unpaired) electrons. The van der Waals surface area contributed by atoms with Crippen LogP contribution in [0.4, 0.5) is 11.4 Å². The molecular formula is C8H9BrN2O3. The number of benzene rings is 1. The lowest BCUT2D eigenvalue weighted by atomic mass is 10.2. The molecule has 0 saturated heterocycles. The van der Waals surface area contributed by atoms with Crippen LogP contribution in [0.3, 0.4) is 0 Å². The number of rotatable bonds is 4. The molecule has 0 aliphatic carbocycles. The van der Waals surface area contributed by atoms with Crippen LogP contribution in [0.2, 0.25) is 0 Å². The third-order valence-corrected chi connectivity index (χ3v) is 1.98. The van der Waals surface area contributed by atoms with Gasteiger partial charge in [0.2, 0.25) is 0 Å². The summed E-state index contributed by atoms with van der Waals surface area (Å²) in [5, 5.41) is 23.2. The smallest absolute Gasteiger partial charge is 0.296 e. The van der Waals surface area contributed by atoms with Crippen LogP contribution >= 0.6 is 15.9 Å². The first kappa shape index (κ1) is 10.8. The standard InChI is InChI=1S/C8H9BrN2O3/c9-3-4-10-7-2-1-6(12)5-8(7)11(13)14/h1-2,5,10,12H,3-4H2. The maximum Gasteiger partial charge on any atom is 0.296 e. The van der Waals surface area contributed by atoms with E-state index in [0.29, 0.717) is 17.6 Å². The number of nitro groups is 1. The molecule has 0 atom stereocenters. The maximum atomic E-state index is 10.6. The van der Waals surface area contributed by atoms with Crippen LogP contribution in [0.1, 0.15) is 0 Å². The van der Waals surface area contributed by atoms with Gasteiger partial charge in [-0.25, -0.2) is 0 Å². The number of nitrogens with one attached hydrogen (secondary N) is 1. The van der Waals surface area contributed by atoms with Crippen molar-refractivity contribution in [2.75, 3.05) is 17.2 Å². The van der Waals surface area contributed by atoms with Gasteiger partial charge in [-0.05, 0) is 12.1 Å². The Bertz CT molecular complexity index is 343. The third kappa shape index (κ3) is 2.59. The number of alkyl halides is 1. The Morgan fingerprint density at radius 2 is 2.29 bits per heavy atom. The van der Waals surface area contributed by atoms with E-state index in [1.54, 1.807) is 0 Å². The summed E-state index contributed by atoms with van der Waals surface area (Å²) in [7, 11) is 0. The molecule has 0 aromatic heterocycles. The quantitative estimate of drug-likeness (QED) is 0.376. The summed E-state index contributed by atoms with van der Waals surface area (Å²) < 4.78 is 0. The van der Waals surface area contributed by atoms with Gasteiger partial charge in [0.15, 0.2) is 0 Å². The summed E-state index contributed by atoms with van der Waals surface area (Å²) in [5.74, 6) is -0.110. The number of aromatic hydroxyl groups is 1. The molecular weight excluding hydrogens is 252 g/mol. The van der Waals surface area contributed by atoms with Crippen molar-refractivity contribution >= 4 is 27.3 Å². The molecule has 0 fully saturated rings. The van der Waals surface area contributed by atoms with E-state index in [2.05, 4.69) is 21.2 Å². The Kier molecular flexibility index (Phi) is 3.70. The van der Waals surface area contributed by atoms with Crippen molar-refractivity contribution in [2.45, 2.75) is 0 Å². The molecule has 14 heavy (non-hydrogen) atoms. The number of nitrogens with zero attached hydrogens (tertiary/aromatic N) is 1. The Morgan fingerprint density at radius 3 is 2.86 bits per heavy atom. The molecule has 5 nitrogen and oxygen atoms in total. The van der Waals surface area contributed by atoms with Crippen LogP contribution in [0, 0.1) is 10.1 Å². The summed E-state index contributed by atoms with van der Waals surface area (Å²) in [6.45, 7) is 0.589. The summed E-state index contributed by atoms with van der Waals surface area (Å²) >= 11 is 3.20. The second kappa shape index (κ2) is 4.80. The van der Waals surface area contributed by atoms with E-state index < -0.39 is 4.92 Å². The summed E-state index contributed by atoms with van der Waals surface area (Å²) in [6.07, 6.45) is 0. The van der Waals surface area contributed by atoms with E-state index in [9.17, 15) is 10.1 Å². The van der Waals surface area contributed by atoms with Gasteiger partial charge in [0, 0.05) is 11.9 Å². The average molecular weight is 261 g/mol. The molecule has 6 heteroatoms. The highest BCUT2D eigenvalue weighted by atomic mass is 79.9. The molecule has 0 aliphatic heterocycles. The van der Waals surface area contributed by atoms with E-state index in [1.165, 1.54) is 12.1 Å². The zero-order valence-electron chi connectivity index (χ0n) is 7.24. The largest absolute Gasteiger partial charge is 0.508 e. The number of nitro benzene ring substituents is 1. The molecule has 0 bridgehead atoms. The average Bonchev–Trinajstić information content (AvgIpc) is 2.15. The normalized spacial score (nSPS) is 9.79. The zero-order valence-corrected chi connectivity index (χ0v) is 8.82. The van der Waals surface area contributed by atoms with E-state index in [0.717, 1.165) is 6.07 Å². The van der Waals surface area contributed by atoms with Gasteiger partial charge in [0.25, 0.3) is 5.69 Å². The highest BCUT2D eigenvalue weighted by Crippen LogP contribution is 2.27. The predicted molar refractivity (Wildman–Crippen MR) is 57.0 cm³/mol. The highest BCUT2D eigenvalue weighted by Gasteiger charge is 2.13. The first-order valence-corrected chi connectivity index (χ1v) is 5.04. The van der Waals surface area contributed by atoms with Crippen LogP contribution in [-0.4, -0.2) is 21.9 Å². The molecule has 1 rings (SSSR count). The van der Waals surface area contributed by atoms with Crippen LogP contribution in [0.5, 0.6) is 5.75 Å². The minimum atomic E-state index is -0.531. The van der Waals surface area contributed by atoms with Crippen molar-refractivity contribution < 1.29 is 10.0 Å². The summed E-state index contributed by atoms with van der Waals surface area (Å²) in [6, 6.07) is 4.01. The van der Waals surface area contributed by atoms with Crippen molar-refractivity contribution in [3.8, 4) is 5.75 Å². The second-order valence-electron chi connectivity index (χ2n) is 2.57. The van der Waals surface area contributed by atoms with Crippen LogP contribution < -0.4 is 5.32 Å². The molecule has 0 aliphatic rings. The molecule has 1 aromatic carbocycles. The van der Waals surface area contributed by atoms with Crippen molar-refractivity contribution in [1.82, 2.24) is 0 Å². The lowest BCUT2D eigenvalue weighted by molar-refractivity contribution is -0.384. The molecule has 0 spiro atoms. The van der Waals surface area contributed by atoms with Gasteiger partial charge in [-0.15, -0.1) is 0 Å². The molecule has 0 amide bonds. The summed E-state index contributed by atoms with van der Waals surface area (Å²) in [4.78, 5) is 10.0. The van der Waals surface area contributed by atoms with Gasteiger partial charge in [-0.1, -0.05) is 15.9 Å². The number of hydrogen-bond acceptors (Lipinski definition) is 4. The zero-order chi connectivity index (χ0) is 10.6. The number of phenols is 1. The van der Waals surface area contributed by atoms with E-state index in [4.69, 9.17) is 5.11 Å². The van der Waals surface area contributed by atoms with Gasteiger partial charge in [0.05, 0.1) is 11.0 Å². The van der Waals surface area contributed by atoms with Crippen molar-refractivity contribution in [1.29, 1.82) is 0 Å². The van der Waals surface area contributed by atoms with E-state index in [-0.39, 0.29) is 11.4 Å². The van der Waals surface area contributed by atoms with E-state index >= 15 is 0 Å². The van der Waals surface area contributed by atoms with Gasteiger partial charge in [-0.3, -0.25) is 10.1 Å². The number of hydrogen-bond donors (Lipinski definition) is 2. The van der Waals surface area contributed by atoms with Crippen molar-refractivity contribution in [2.24, 2.45) is 0 Å². The lowest BCUT2D eigenvalue weighted by Gasteiger charge is -2.04.